The van der Waals surface area contributed by atoms with Gasteiger partial charge in [-0.3, -0.25) is 9.69 Å². The van der Waals surface area contributed by atoms with E-state index in [0.717, 1.165) is 67.0 Å². The molecule has 1 aliphatic heterocycles. The van der Waals surface area contributed by atoms with Crippen LogP contribution in [0.2, 0.25) is 0 Å². The Morgan fingerprint density at radius 2 is 1.53 bits per heavy atom. The van der Waals surface area contributed by atoms with Crippen molar-refractivity contribution in [3.05, 3.63) is 119 Å². The zero-order valence-electron chi connectivity index (χ0n) is 31.4. The minimum Gasteiger partial charge on any atom is -0.550 e. The first-order valence-corrected chi connectivity index (χ1v) is 18.3. The fraction of sp³-hybridized carbons (Fsp3) is 0.349. The van der Waals surface area contributed by atoms with Crippen LogP contribution in [0.5, 0.6) is 17.2 Å². The van der Waals surface area contributed by atoms with Crippen molar-refractivity contribution in [1.82, 2.24) is 9.47 Å². The van der Waals surface area contributed by atoms with Gasteiger partial charge in [0.05, 0.1) is 18.4 Å². The van der Waals surface area contributed by atoms with Crippen molar-refractivity contribution in [1.29, 1.82) is 0 Å². The van der Waals surface area contributed by atoms with E-state index in [4.69, 9.17) is 14.2 Å². The van der Waals surface area contributed by atoms with Crippen molar-refractivity contribution in [3.8, 4) is 17.2 Å². The number of para-hydroxylation sites is 3. The third kappa shape index (κ3) is 11.0. The molecule has 0 amide bonds. The number of benzene rings is 4. The summed E-state index contributed by atoms with van der Waals surface area (Å²) in [5.41, 5.74) is 5.30. The van der Waals surface area contributed by atoms with Crippen LogP contribution in [-0.2, 0) is 17.9 Å². The SMILES string of the molecule is Cc1ccc(COc2ccc(C(=O)c3cn(CCCC(=O)[O-])c4ccccc34)cc2OCCCN2CCN(c3ccccc3OC(C)C)CC2)cc1.[K+]. The zero-order valence-corrected chi connectivity index (χ0v) is 34.5. The Bertz CT molecular complexity index is 1970. The number of nitrogens with zero attached hydrogens (tertiary/aromatic N) is 3. The van der Waals surface area contributed by atoms with Gasteiger partial charge in [0.1, 0.15) is 12.4 Å². The third-order valence-corrected chi connectivity index (χ3v) is 9.35. The van der Waals surface area contributed by atoms with Crippen molar-refractivity contribution in [3.63, 3.8) is 0 Å². The number of piperazine rings is 1. The summed E-state index contributed by atoms with van der Waals surface area (Å²) in [4.78, 5) is 29.9. The number of rotatable bonds is 17. The number of carbonyl (C=O) groups excluding carboxylic acids is 2. The molecule has 0 aliphatic carbocycles. The molecule has 10 heteroatoms. The Hall–Kier alpha value is -3.64. The Labute approximate surface area is 355 Å². The number of aromatic nitrogens is 1. The van der Waals surface area contributed by atoms with Gasteiger partial charge in [0.2, 0.25) is 0 Å². The molecule has 1 fully saturated rings. The van der Waals surface area contributed by atoms with E-state index >= 15 is 0 Å². The Morgan fingerprint density at radius 1 is 0.792 bits per heavy atom. The van der Waals surface area contributed by atoms with E-state index in [1.165, 1.54) is 5.56 Å². The second kappa shape index (κ2) is 19.6. The summed E-state index contributed by atoms with van der Waals surface area (Å²) in [5, 5.41) is 11.8. The molecule has 5 aromatic rings. The number of hydrogen-bond acceptors (Lipinski definition) is 8. The van der Waals surface area contributed by atoms with Crippen LogP contribution in [0.25, 0.3) is 10.9 Å². The number of aliphatic carboxylic acids is 1. The van der Waals surface area contributed by atoms with Gasteiger partial charge in [-0.05, 0) is 82.0 Å². The molecule has 0 radical (unpaired) electrons. The first-order valence-electron chi connectivity index (χ1n) is 18.3. The van der Waals surface area contributed by atoms with Gasteiger partial charge in [-0.15, -0.1) is 0 Å². The Morgan fingerprint density at radius 3 is 2.28 bits per heavy atom. The van der Waals surface area contributed by atoms with Crippen molar-refractivity contribution < 1.29 is 80.3 Å². The Balaban J connectivity index is 0.00000541. The van der Waals surface area contributed by atoms with Gasteiger partial charge < -0.3 is 33.6 Å². The minimum absolute atomic E-state index is 0. The fourth-order valence-corrected chi connectivity index (χ4v) is 6.64. The van der Waals surface area contributed by atoms with E-state index < -0.39 is 5.97 Å². The maximum absolute atomic E-state index is 14.0. The van der Waals surface area contributed by atoms with Gasteiger partial charge in [-0.1, -0.05) is 60.2 Å². The zero-order chi connectivity index (χ0) is 36.5. The smallest absolute Gasteiger partial charge is 0.550 e. The number of hydrogen-bond donors (Lipinski definition) is 0. The van der Waals surface area contributed by atoms with Crippen molar-refractivity contribution in [2.24, 2.45) is 0 Å². The van der Waals surface area contributed by atoms with Crippen LogP contribution in [0.15, 0.2) is 97.2 Å². The second-order valence-corrected chi connectivity index (χ2v) is 13.7. The van der Waals surface area contributed by atoms with Crippen LogP contribution in [-0.4, -0.2) is 66.7 Å². The molecule has 53 heavy (non-hydrogen) atoms. The van der Waals surface area contributed by atoms with Gasteiger partial charge >= 0.3 is 51.4 Å². The molecule has 4 aromatic carbocycles. The van der Waals surface area contributed by atoms with E-state index in [1.54, 1.807) is 12.1 Å². The van der Waals surface area contributed by atoms with Crippen molar-refractivity contribution in [2.45, 2.75) is 59.3 Å². The second-order valence-electron chi connectivity index (χ2n) is 13.7. The van der Waals surface area contributed by atoms with Crippen LogP contribution in [0.4, 0.5) is 5.69 Å². The molecule has 0 bridgehead atoms. The molecule has 9 nitrogen and oxygen atoms in total. The number of fused-ring (bicyclic) bond motifs is 1. The summed E-state index contributed by atoms with van der Waals surface area (Å²) >= 11 is 0. The van der Waals surface area contributed by atoms with Gasteiger partial charge in [-0.2, -0.15) is 0 Å². The summed E-state index contributed by atoms with van der Waals surface area (Å²) in [5.74, 6) is 0.824. The maximum atomic E-state index is 14.0. The van der Waals surface area contributed by atoms with Crippen LogP contribution in [0.3, 0.4) is 0 Å². The number of ether oxygens (including phenoxy) is 3. The van der Waals surface area contributed by atoms with Crippen LogP contribution < -0.4 is 75.6 Å². The normalized spacial score (nSPS) is 13.2. The maximum Gasteiger partial charge on any atom is 1.00 e. The van der Waals surface area contributed by atoms with E-state index in [1.807, 2.05) is 65.4 Å². The number of carboxylic acids is 1. The first kappa shape index (κ1) is 40.5. The van der Waals surface area contributed by atoms with E-state index in [2.05, 4.69) is 54.8 Å². The summed E-state index contributed by atoms with van der Waals surface area (Å²) in [6.07, 6.45) is 3.13. The molecule has 0 atom stereocenters. The molecule has 0 saturated carbocycles. The van der Waals surface area contributed by atoms with Crippen LogP contribution >= 0.6 is 0 Å². The topological polar surface area (TPSA) is 96.3 Å². The van der Waals surface area contributed by atoms with Gasteiger partial charge in [0, 0.05) is 73.5 Å². The minimum atomic E-state index is -1.08. The van der Waals surface area contributed by atoms with Crippen LogP contribution in [0, 0.1) is 6.92 Å². The average Bonchev–Trinajstić information content (AvgIpc) is 3.51. The molecule has 0 spiro atoms. The summed E-state index contributed by atoms with van der Waals surface area (Å²) in [6, 6.07) is 29.6. The molecule has 0 N–H and O–H groups in total. The van der Waals surface area contributed by atoms with Gasteiger partial charge in [-0.25, -0.2) is 0 Å². The predicted molar refractivity (Wildman–Crippen MR) is 203 cm³/mol. The van der Waals surface area contributed by atoms with E-state index in [-0.39, 0.29) is 69.7 Å². The molecule has 6 rings (SSSR count). The molecular formula is C43H48KN3O6. The molecule has 1 saturated heterocycles. The van der Waals surface area contributed by atoms with Gasteiger partial charge in [0.15, 0.2) is 17.3 Å². The molecular weight excluding hydrogens is 694 g/mol. The van der Waals surface area contributed by atoms with E-state index in [9.17, 15) is 14.7 Å². The number of anilines is 1. The molecule has 1 aromatic heterocycles. The number of ketones is 1. The fourth-order valence-electron chi connectivity index (χ4n) is 6.64. The van der Waals surface area contributed by atoms with Crippen molar-refractivity contribution in [2.75, 3.05) is 44.2 Å². The average molecular weight is 742 g/mol. The largest absolute Gasteiger partial charge is 1.00 e. The quantitative estimate of drug-likeness (QED) is 0.0811. The molecule has 2 heterocycles. The monoisotopic (exact) mass is 741 g/mol. The van der Waals surface area contributed by atoms with Crippen LogP contribution in [0.1, 0.15) is 60.2 Å². The number of carboxylic acid groups (broad SMARTS) is 1. The third-order valence-electron chi connectivity index (χ3n) is 9.35. The predicted octanol–water partition coefficient (Wildman–Crippen LogP) is 3.67. The van der Waals surface area contributed by atoms with Crippen molar-refractivity contribution >= 4 is 28.3 Å². The first-order chi connectivity index (χ1) is 25.2. The Kier molecular flexibility index (Phi) is 15.0. The number of aryl methyl sites for hydroxylation is 2. The summed E-state index contributed by atoms with van der Waals surface area (Å²) in [6.45, 7) is 12.1. The number of carbonyl (C=O) groups is 2. The summed E-state index contributed by atoms with van der Waals surface area (Å²) < 4.78 is 20.6. The van der Waals surface area contributed by atoms with Gasteiger partial charge in [0.25, 0.3) is 0 Å². The standard InChI is InChI=1S/C43H49N3O6.K/c1-31(2)52-39-13-7-6-12-38(39)45-25-23-44(24-26-45)21-9-27-50-41-28-34(19-20-40(41)51-30-33-17-15-32(3)16-18-33)43(49)36-29-46(22-8-14-42(47)48)37-11-5-4-10-35(36)37;/h4-7,10-13,15-20,28-29,31H,8-9,14,21-27,30H2,1-3H3,(H,47,48);/q;+1/p-1. The molecule has 1 aliphatic rings. The molecule has 0 unspecified atom stereocenters. The molecule has 272 valence electrons. The van der Waals surface area contributed by atoms with E-state index in [0.29, 0.717) is 48.8 Å². The summed E-state index contributed by atoms with van der Waals surface area (Å²) in [7, 11) is 0.